The number of piperazine rings is 1. The summed E-state index contributed by atoms with van der Waals surface area (Å²) in [6.45, 7) is 6.89. The third kappa shape index (κ3) is 5.28. The molecule has 2 aliphatic rings. The highest BCUT2D eigenvalue weighted by atomic mass is 32.1. The molecule has 11 heteroatoms. The summed E-state index contributed by atoms with van der Waals surface area (Å²) in [4.78, 5) is 30.8. The molecule has 0 spiro atoms. The largest absolute Gasteiger partial charge is 0.391 e. The minimum absolute atomic E-state index is 0.106. The zero-order valence-corrected chi connectivity index (χ0v) is 23.6. The van der Waals surface area contributed by atoms with Crippen LogP contribution in [-0.4, -0.2) is 94.1 Å². The molecule has 1 unspecified atom stereocenters. The third-order valence-corrected chi connectivity index (χ3v) is 8.75. The standard InChI is InChI=1S/C29H34FN7O2S/c1-3-24-28(33(2)29-32-25(19-40-29)20-4-6-21(30)7-5-20)37-16-22(8-9-26(37)31-24)35-14-12-34(13-15-35)18-27(39)36-11-10-23(38)17-36/h4-9,16,19,23,38H,3,10-15,17-18H2,1-2H3. The summed E-state index contributed by atoms with van der Waals surface area (Å²) in [6.07, 6.45) is 3.22. The number of aliphatic hydroxyl groups is 1. The fourth-order valence-electron chi connectivity index (χ4n) is 5.54. The Labute approximate surface area is 237 Å². The van der Waals surface area contributed by atoms with Crippen molar-refractivity contribution in [1.29, 1.82) is 0 Å². The first-order valence-electron chi connectivity index (χ1n) is 13.8. The molecule has 210 valence electrons. The normalized spacial score (nSPS) is 18.1. The Balaban J connectivity index is 1.19. The fourth-order valence-corrected chi connectivity index (χ4v) is 6.34. The molecule has 9 nitrogen and oxygen atoms in total. The van der Waals surface area contributed by atoms with E-state index in [2.05, 4.69) is 44.4 Å². The molecule has 0 radical (unpaired) electrons. The Morgan fingerprint density at radius 1 is 1.10 bits per heavy atom. The highest BCUT2D eigenvalue weighted by molar-refractivity contribution is 7.14. The first kappa shape index (κ1) is 26.7. The van der Waals surface area contributed by atoms with Gasteiger partial charge < -0.3 is 19.8 Å². The van der Waals surface area contributed by atoms with E-state index >= 15 is 0 Å². The lowest BCUT2D eigenvalue weighted by atomic mass is 10.2. The van der Waals surface area contributed by atoms with Crippen molar-refractivity contribution in [3.8, 4) is 11.3 Å². The van der Waals surface area contributed by atoms with E-state index in [0.717, 1.165) is 71.8 Å². The number of aryl methyl sites for hydroxylation is 1. The molecule has 2 saturated heterocycles. The Morgan fingerprint density at radius 2 is 1.88 bits per heavy atom. The van der Waals surface area contributed by atoms with Crippen molar-refractivity contribution in [3.05, 3.63) is 59.5 Å². The van der Waals surface area contributed by atoms with Gasteiger partial charge in [-0.05, 0) is 49.2 Å². The van der Waals surface area contributed by atoms with Gasteiger partial charge in [-0.3, -0.25) is 14.1 Å². The number of halogens is 1. The molecule has 0 bridgehead atoms. The molecule has 40 heavy (non-hydrogen) atoms. The second-order valence-corrected chi connectivity index (χ2v) is 11.3. The molecule has 3 aromatic heterocycles. The summed E-state index contributed by atoms with van der Waals surface area (Å²) >= 11 is 1.55. The number of fused-ring (bicyclic) bond motifs is 1. The summed E-state index contributed by atoms with van der Waals surface area (Å²) in [5.74, 6) is 0.828. The number of thiazole rings is 1. The zero-order valence-electron chi connectivity index (χ0n) is 22.8. The second-order valence-electron chi connectivity index (χ2n) is 10.5. The number of aliphatic hydroxyl groups excluding tert-OH is 1. The number of nitrogens with zero attached hydrogens (tertiary/aromatic N) is 7. The quantitative estimate of drug-likeness (QED) is 0.368. The highest BCUT2D eigenvalue weighted by Gasteiger charge is 2.27. The summed E-state index contributed by atoms with van der Waals surface area (Å²) in [7, 11) is 2.01. The van der Waals surface area contributed by atoms with Crippen molar-refractivity contribution in [2.24, 2.45) is 0 Å². The molecule has 2 fully saturated rings. The van der Waals surface area contributed by atoms with Crippen LogP contribution < -0.4 is 9.80 Å². The Kier molecular flexibility index (Phi) is 7.43. The van der Waals surface area contributed by atoms with E-state index in [0.29, 0.717) is 26.1 Å². The minimum atomic E-state index is -0.386. The lowest BCUT2D eigenvalue weighted by Gasteiger charge is -2.36. The highest BCUT2D eigenvalue weighted by Crippen LogP contribution is 2.34. The predicted octanol–water partition coefficient (Wildman–Crippen LogP) is 3.64. The first-order chi connectivity index (χ1) is 19.4. The number of β-amino-alcohol motifs (C(OH)–C–C–N with tert-alkyl or cyclic N) is 1. The molecule has 6 rings (SSSR count). The van der Waals surface area contributed by atoms with E-state index in [1.54, 1.807) is 28.4 Å². The van der Waals surface area contributed by atoms with Gasteiger partial charge in [0.05, 0.1) is 29.7 Å². The predicted molar refractivity (Wildman–Crippen MR) is 156 cm³/mol. The van der Waals surface area contributed by atoms with Crippen molar-refractivity contribution < 1.29 is 14.3 Å². The van der Waals surface area contributed by atoms with Crippen LogP contribution in [0, 0.1) is 5.82 Å². The van der Waals surface area contributed by atoms with Gasteiger partial charge in [0, 0.05) is 63.5 Å². The van der Waals surface area contributed by atoms with Gasteiger partial charge in [-0.2, -0.15) is 0 Å². The molecule has 0 aliphatic carbocycles. The molecule has 2 aliphatic heterocycles. The first-order valence-corrected chi connectivity index (χ1v) is 14.7. The summed E-state index contributed by atoms with van der Waals surface area (Å²) < 4.78 is 15.5. The number of carbonyl (C=O) groups is 1. The fraction of sp³-hybridized carbons (Fsp3) is 0.414. The number of hydrogen-bond acceptors (Lipinski definition) is 8. The molecular weight excluding hydrogens is 529 g/mol. The summed E-state index contributed by atoms with van der Waals surface area (Å²) in [6, 6.07) is 10.6. The molecule has 0 saturated carbocycles. The lowest BCUT2D eigenvalue weighted by Crippen LogP contribution is -2.50. The zero-order chi connectivity index (χ0) is 27.8. The van der Waals surface area contributed by atoms with Crippen LogP contribution in [0.25, 0.3) is 16.9 Å². The van der Waals surface area contributed by atoms with Gasteiger partial charge >= 0.3 is 0 Å². The minimum Gasteiger partial charge on any atom is -0.391 e. The van der Waals surface area contributed by atoms with Gasteiger partial charge in [0.25, 0.3) is 0 Å². The molecular formula is C29H34FN7O2S. The van der Waals surface area contributed by atoms with Crippen LogP contribution in [-0.2, 0) is 11.2 Å². The van der Waals surface area contributed by atoms with Gasteiger partial charge in [-0.1, -0.05) is 6.92 Å². The number of rotatable bonds is 7. The third-order valence-electron chi connectivity index (χ3n) is 7.83. The van der Waals surface area contributed by atoms with Gasteiger partial charge in [-0.25, -0.2) is 14.4 Å². The van der Waals surface area contributed by atoms with Crippen LogP contribution in [0.15, 0.2) is 48.0 Å². The van der Waals surface area contributed by atoms with Crippen LogP contribution in [0.1, 0.15) is 19.0 Å². The number of anilines is 3. The van der Waals surface area contributed by atoms with Crippen molar-refractivity contribution in [2.75, 3.05) is 62.7 Å². The van der Waals surface area contributed by atoms with E-state index in [1.807, 2.05) is 12.4 Å². The summed E-state index contributed by atoms with van der Waals surface area (Å²) in [5, 5.41) is 12.6. The molecule has 1 N–H and O–H groups in total. The van der Waals surface area contributed by atoms with Crippen LogP contribution in [0.2, 0.25) is 0 Å². The number of carbonyl (C=O) groups excluding carboxylic acids is 1. The number of likely N-dealkylation sites (tertiary alicyclic amines) is 1. The van der Waals surface area contributed by atoms with Gasteiger partial charge in [-0.15, -0.1) is 11.3 Å². The molecule has 1 atom stereocenters. The number of imidazole rings is 1. The maximum Gasteiger partial charge on any atom is 0.236 e. The number of amides is 1. The van der Waals surface area contributed by atoms with Gasteiger partial charge in [0.15, 0.2) is 5.13 Å². The molecule has 1 aromatic carbocycles. The number of aromatic nitrogens is 3. The second kappa shape index (κ2) is 11.1. The van der Waals surface area contributed by atoms with Crippen LogP contribution in [0.5, 0.6) is 0 Å². The molecule has 4 aromatic rings. The smallest absolute Gasteiger partial charge is 0.236 e. The van der Waals surface area contributed by atoms with E-state index in [4.69, 9.17) is 9.97 Å². The Bertz CT molecular complexity index is 1500. The van der Waals surface area contributed by atoms with Crippen molar-refractivity contribution in [1.82, 2.24) is 24.2 Å². The van der Waals surface area contributed by atoms with Gasteiger partial charge in [0.2, 0.25) is 5.91 Å². The maximum absolute atomic E-state index is 13.4. The van der Waals surface area contributed by atoms with Crippen molar-refractivity contribution in [2.45, 2.75) is 25.9 Å². The van der Waals surface area contributed by atoms with Crippen LogP contribution in [0.3, 0.4) is 0 Å². The number of hydrogen-bond donors (Lipinski definition) is 1. The Hall–Kier alpha value is -3.54. The van der Waals surface area contributed by atoms with Crippen molar-refractivity contribution >= 4 is 39.5 Å². The average Bonchev–Trinajstić information content (AvgIpc) is 3.71. The van der Waals surface area contributed by atoms with Crippen LogP contribution in [0.4, 0.5) is 21.0 Å². The van der Waals surface area contributed by atoms with E-state index in [1.165, 1.54) is 12.1 Å². The SMILES string of the molecule is CCc1nc2ccc(N3CCN(CC(=O)N4CCC(O)C4)CC3)cn2c1N(C)c1nc(-c2ccc(F)cc2)cs1. The van der Waals surface area contributed by atoms with Crippen molar-refractivity contribution in [3.63, 3.8) is 0 Å². The van der Waals surface area contributed by atoms with Gasteiger partial charge in [0.1, 0.15) is 17.3 Å². The molecule has 1 amide bonds. The van der Waals surface area contributed by atoms with E-state index < -0.39 is 0 Å². The maximum atomic E-state index is 13.4. The average molecular weight is 564 g/mol. The monoisotopic (exact) mass is 563 g/mol. The van der Waals surface area contributed by atoms with Crippen LogP contribution >= 0.6 is 11.3 Å². The lowest BCUT2D eigenvalue weighted by molar-refractivity contribution is -0.131. The summed E-state index contributed by atoms with van der Waals surface area (Å²) in [5.41, 5.74) is 4.69. The number of benzene rings is 1. The molecule has 5 heterocycles. The van der Waals surface area contributed by atoms with E-state index in [9.17, 15) is 14.3 Å². The van der Waals surface area contributed by atoms with E-state index in [-0.39, 0.29) is 17.8 Å². The number of pyridine rings is 1. The Morgan fingerprint density at radius 3 is 2.58 bits per heavy atom. The topological polar surface area (TPSA) is 80.5 Å².